The van der Waals surface area contributed by atoms with Gasteiger partial charge in [-0.2, -0.15) is 0 Å². The van der Waals surface area contributed by atoms with Crippen LogP contribution in [-0.2, 0) is 0 Å². The zero-order chi connectivity index (χ0) is 18.6. The molecule has 4 rings (SSSR count). The van der Waals surface area contributed by atoms with Gasteiger partial charge >= 0.3 is 0 Å². The van der Waals surface area contributed by atoms with Crippen molar-refractivity contribution in [1.82, 2.24) is 25.1 Å². The second kappa shape index (κ2) is 7.57. The van der Waals surface area contributed by atoms with Crippen LogP contribution in [0.2, 0.25) is 0 Å². The van der Waals surface area contributed by atoms with Crippen molar-refractivity contribution in [2.24, 2.45) is 0 Å². The average molecular weight is 363 g/mol. The van der Waals surface area contributed by atoms with E-state index in [1.54, 1.807) is 4.68 Å². The van der Waals surface area contributed by atoms with Gasteiger partial charge in [-0.25, -0.2) is 4.68 Å². The maximum atomic E-state index is 13.2. The number of likely N-dealkylation sites (tertiary alicyclic amines) is 1. The van der Waals surface area contributed by atoms with E-state index in [4.69, 9.17) is 4.74 Å². The summed E-state index contributed by atoms with van der Waals surface area (Å²) in [6.45, 7) is 3.37. The minimum absolute atomic E-state index is 0.0290. The second-order valence-electron chi connectivity index (χ2n) is 6.46. The molecule has 0 saturated carbocycles. The maximum absolute atomic E-state index is 13.2. The number of nitrogens with zero attached hydrogens (tertiary/aromatic N) is 5. The van der Waals surface area contributed by atoms with Crippen molar-refractivity contribution >= 4 is 5.91 Å². The molecule has 1 amide bonds. The van der Waals surface area contributed by atoms with Crippen LogP contribution in [0.1, 0.15) is 41.7 Å². The lowest BCUT2D eigenvalue weighted by molar-refractivity contribution is 0.0735. The first-order valence-electron chi connectivity index (χ1n) is 9.13. The molecular formula is C20H21N5O2. The largest absolute Gasteiger partial charge is 0.494 e. The molecule has 1 saturated heterocycles. The second-order valence-corrected chi connectivity index (χ2v) is 6.46. The van der Waals surface area contributed by atoms with E-state index < -0.39 is 0 Å². The first kappa shape index (κ1) is 17.2. The molecule has 1 atom stereocenters. The van der Waals surface area contributed by atoms with Crippen LogP contribution >= 0.6 is 0 Å². The van der Waals surface area contributed by atoms with Crippen molar-refractivity contribution in [2.75, 3.05) is 13.2 Å². The van der Waals surface area contributed by atoms with Crippen LogP contribution in [0.15, 0.2) is 54.9 Å². The fourth-order valence-corrected chi connectivity index (χ4v) is 3.54. The number of rotatable bonds is 5. The Balaban J connectivity index is 1.56. The van der Waals surface area contributed by atoms with Crippen molar-refractivity contribution in [2.45, 2.75) is 25.8 Å². The van der Waals surface area contributed by atoms with Crippen LogP contribution in [0.4, 0.5) is 0 Å². The Morgan fingerprint density at radius 1 is 1.22 bits per heavy atom. The van der Waals surface area contributed by atoms with Crippen LogP contribution in [0, 0.1) is 0 Å². The van der Waals surface area contributed by atoms with Gasteiger partial charge in [0.2, 0.25) is 0 Å². The summed E-state index contributed by atoms with van der Waals surface area (Å²) in [6.07, 6.45) is 3.48. The van der Waals surface area contributed by atoms with Gasteiger partial charge in [-0.1, -0.05) is 18.2 Å². The third kappa shape index (κ3) is 3.53. The van der Waals surface area contributed by atoms with E-state index in [0.717, 1.165) is 36.4 Å². The summed E-state index contributed by atoms with van der Waals surface area (Å²) in [6, 6.07) is 15.5. The van der Waals surface area contributed by atoms with Gasteiger partial charge in [0.15, 0.2) is 0 Å². The zero-order valence-electron chi connectivity index (χ0n) is 15.2. The van der Waals surface area contributed by atoms with Crippen molar-refractivity contribution in [3.63, 3.8) is 0 Å². The number of hydrogen-bond acceptors (Lipinski definition) is 5. The van der Waals surface area contributed by atoms with E-state index in [2.05, 4.69) is 27.7 Å². The molecule has 7 heteroatoms. The summed E-state index contributed by atoms with van der Waals surface area (Å²) in [5.74, 6) is 0.882. The van der Waals surface area contributed by atoms with E-state index in [0.29, 0.717) is 12.2 Å². The van der Waals surface area contributed by atoms with Gasteiger partial charge in [0.25, 0.3) is 5.91 Å². The highest BCUT2D eigenvalue weighted by atomic mass is 16.5. The Morgan fingerprint density at radius 3 is 2.81 bits per heavy atom. The fraction of sp³-hybridized carbons (Fsp3) is 0.300. The first-order valence-corrected chi connectivity index (χ1v) is 9.13. The third-order valence-electron chi connectivity index (χ3n) is 4.80. The highest BCUT2D eigenvalue weighted by Crippen LogP contribution is 2.34. The molecule has 27 heavy (non-hydrogen) atoms. The monoisotopic (exact) mass is 363 g/mol. The number of aromatic nitrogens is 4. The molecule has 1 aromatic heterocycles. The standard InChI is InChI=1S/C20H21N5O2/c1-2-27-18-10-8-15(9-11-18)19-7-4-12-24(19)20(26)16-5-3-6-17(13-16)25-14-21-22-23-25/h3,5-6,8-11,13-14,19H,2,4,7,12H2,1H3. The van der Waals surface area contributed by atoms with Crippen molar-refractivity contribution in [3.8, 4) is 11.4 Å². The molecule has 7 nitrogen and oxygen atoms in total. The van der Waals surface area contributed by atoms with Crippen molar-refractivity contribution in [1.29, 1.82) is 0 Å². The lowest BCUT2D eigenvalue weighted by Gasteiger charge is -2.25. The van der Waals surface area contributed by atoms with Crippen LogP contribution in [0.25, 0.3) is 5.69 Å². The zero-order valence-corrected chi connectivity index (χ0v) is 15.2. The Bertz CT molecular complexity index is 908. The Kier molecular flexibility index (Phi) is 4.82. The molecule has 2 heterocycles. The lowest BCUT2D eigenvalue weighted by atomic mass is 10.0. The number of hydrogen-bond donors (Lipinski definition) is 0. The predicted molar refractivity (Wildman–Crippen MR) is 99.8 cm³/mol. The molecule has 0 N–H and O–H groups in total. The van der Waals surface area contributed by atoms with Gasteiger partial charge in [0.05, 0.1) is 18.3 Å². The van der Waals surface area contributed by atoms with E-state index in [1.807, 2.05) is 48.2 Å². The lowest BCUT2D eigenvalue weighted by Crippen LogP contribution is -2.30. The summed E-state index contributed by atoms with van der Waals surface area (Å²) >= 11 is 0. The number of carbonyl (C=O) groups excluding carboxylic acids is 1. The van der Waals surface area contributed by atoms with Gasteiger partial charge in [0.1, 0.15) is 12.1 Å². The molecule has 1 fully saturated rings. The smallest absolute Gasteiger partial charge is 0.254 e. The van der Waals surface area contributed by atoms with Gasteiger partial charge in [0, 0.05) is 12.1 Å². The first-order chi connectivity index (χ1) is 13.3. The van der Waals surface area contributed by atoms with Gasteiger partial charge in [-0.3, -0.25) is 4.79 Å². The molecule has 3 aromatic rings. The van der Waals surface area contributed by atoms with Crippen LogP contribution in [0.3, 0.4) is 0 Å². The van der Waals surface area contributed by atoms with Gasteiger partial charge < -0.3 is 9.64 Å². The summed E-state index contributed by atoms with van der Waals surface area (Å²) in [5, 5.41) is 11.2. The molecule has 1 aliphatic rings. The van der Waals surface area contributed by atoms with E-state index >= 15 is 0 Å². The van der Waals surface area contributed by atoms with E-state index in [9.17, 15) is 4.79 Å². The predicted octanol–water partition coefficient (Wildman–Crippen LogP) is 3.04. The highest BCUT2D eigenvalue weighted by molar-refractivity contribution is 5.95. The molecule has 0 spiro atoms. The van der Waals surface area contributed by atoms with Crippen LogP contribution in [-0.4, -0.2) is 44.2 Å². The van der Waals surface area contributed by atoms with E-state index in [1.165, 1.54) is 6.33 Å². The van der Waals surface area contributed by atoms with Crippen LogP contribution < -0.4 is 4.74 Å². The topological polar surface area (TPSA) is 73.1 Å². The van der Waals surface area contributed by atoms with E-state index in [-0.39, 0.29) is 11.9 Å². The molecule has 2 aromatic carbocycles. The number of ether oxygens (including phenoxy) is 1. The molecule has 138 valence electrons. The Morgan fingerprint density at radius 2 is 2.07 bits per heavy atom. The quantitative estimate of drug-likeness (QED) is 0.697. The fourth-order valence-electron chi connectivity index (χ4n) is 3.54. The summed E-state index contributed by atoms with van der Waals surface area (Å²) in [4.78, 5) is 15.1. The molecular weight excluding hydrogens is 342 g/mol. The van der Waals surface area contributed by atoms with Crippen molar-refractivity contribution < 1.29 is 9.53 Å². The summed E-state index contributed by atoms with van der Waals surface area (Å²) in [5.41, 5.74) is 2.55. The third-order valence-corrected chi connectivity index (χ3v) is 4.80. The normalized spacial score (nSPS) is 16.5. The van der Waals surface area contributed by atoms with Crippen LogP contribution in [0.5, 0.6) is 5.75 Å². The van der Waals surface area contributed by atoms with Crippen molar-refractivity contribution in [3.05, 3.63) is 66.0 Å². The molecule has 0 bridgehead atoms. The number of benzene rings is 2. The van der Waals surface area contributed by atoms with Gasteiger partial charge in [-0.15, -0.1) is 5.10 Å². The minimum Gasteiger partial charge on any atom is -0.494 e. The number of carbonyl (C=O) groups is 1. The Hall–Kier alpha value is -3.22. The Labute approximate surface area is 157 Å². The number of tetrazole rings is 1. The number of amides is 1. The molecule has 1 aliphatic heterocycles. The molecule has 0 aliphatic carbocycles. The molecule has 1 unspecified atom stereocenters. The SMILES string of the molecule is CCOc1ccc(C2CCCN2C(=O)c2cccc(-n3cnnn3)c2)cc1. The molecule has 0 radical (unpaired) electrons. The maximum Gasteiger partial charge on any atom is 0.254 e. The highest BCUT2D eigenvalue weighted by Gasteiger charge is 2.30. The summed E-state index contributed by atoms with van der Waals surface area (Å²) < 4.78 is 7.06. The van der Waals surface area contributed by atoms with Gasteiger partial charge in [-0.05, 0) is 66.1 Å². The average Bonchev–Trinajstić information content (AvgIpc) is 3.40. The summed E-state index contributed by atoms with van der Waals surface area (Å²) in [7, 11) is 0. The minimum atomic E-state index is 0.0290.